The first-order valence-corrected chi connectivity index (χ1v) is 9.43. The molecule has 1 aromatic carbocycles. The molecule has 2 aromatic rings. The molecule has 0 aliphatic rings. The van der Waals surface area contributed by atoms with Gasteiger partial charge in [-0.25, -0.2) is 4.79 Å². The monoisotopic (exact) mass is 386 g/mol. The van der Waals surface area contributed by atoms with Gasteiger partial charge in [0.15, 0.2) is 6.61 Å². The van der Waals surface area contributed by atoms with E-state index in [1.807, 2.05) is 49.4 Å². The summed E-state index contributed by atoms with van der Waals surface area (Å²) in [6.07, 6.45) is 3.75. The summed E-state index contributed by atoms with van der Waals surface area (Å²) >= 11 is 1.55. The van der Waals surface area contributed by atoms with Gasteiger partial charge in [0.05, 0.1) is 6.54 Å². The Labute approximate surface area is 162 Å². The summed E-state index contributed by atoms with van der Waals surface area (Å²) in [5.74, 6) is -1.41. The van der Waals surface area contributed by atoms with Crippen LogP contribution in [0.4, 0.5) is 0 Å². The van der Waals surface area contributed by atoms with E-state index in [4.69, 9.17) is 4.74 Å². The first-order valence-electron chi connectivity index (χ1n) is 8.62. The average Bonchev–Trinajstić information content (AvgIpc) is 3.17. The third-order valence-electron chi connectivity index (χ3n) is 3.43. The molecule has 2 rings (SSSR count). The highest BCUT2D eigenvalue weighted by molar-refractivity contribution is 7.16. The number of ether oxygens (including phenoxy) is 1. The summed E-state index contributed by atoms with van der Waals surface area (Å²) in [5.41, 5.74) is 1.12. The van der Waals surface area contributed by atoms with E-state index in [2.05, 4.69) is 10.6 Å². The molecule has 0 bridgehead atoms. The van der Waals surface area contributed by atoms with Crippen LogP contribution in [0.1, 0.15) is 18.2 Å². The van der Waals surface area contributed by atoms with Crippen molar-refractivity contribution < 1.29 is 19.1 Å². The van der Waals surface area contributed by atoms with Crippen molar-refractivity contribution in [1.82, 2.24) is 10.6 Å². The Hall–Kier alpha value is -2.93. The summed E-state index contributed by atoms with van der Waals surface area (Å²) in [6.45, 7) is 1.93. The van der Waals surface area contributed by atoms with Gasteiger partial charge in [0.2, 0.25) is 5.91 Å². The van der Waals surface area contributed by atoms with Crippen LogP contribution in [0.3, 0.4) is 0 Å². The van der Waals surface area contributed by atoms with Crippen LogP contribution in [-0.2, 0) is 19.1 Å². The summed E-state index contributed by atoms with van der Waals surface area (Å²) < 4.78 is 4.87. The van der Waals surface area contributed by atoms with E-state index in [0.717, 1.165) is 21.7 Å². The molecular formula is C20H22N2O4S. The average molecular weight is 386 g/mol. The Bertz CT molecular complexity index is 799. The van der Waals surface area contributed by atoms with Gasteiger partial charge in [0.1, 0.15) is 0 Å². The van der Waals surface area contributed by atoms with Crippen molar-refractivity contribution in [2.45, 2.75) is 13.3 Å². The molecule has 0 saturated heterocycles. The number of nitrogens with one attached hydrogen (secondary N) is 2. The maximum Gasteiger partial charge on any atom is 0.331 e. The highest BCUT2D eigenvalue weighted by Gasteiger charge is 2.07. The Balaban J connectivity index is 1.73. The minimum absolute atomic E-state index is 0.135. The molecule has 1 heterocycles. The second-order valence-electron chi connectivity index (χ2n) is 5.64. The molecular weight excluding hydrogens is 364 g/mol. The molecule has 0 unspecified atom stereocenters. The van der Waals surface area contributed by atoms with E-state index in [-0.39, 0.29) is 12.5 Å². The van der Waals surface area contributed by atoms with Crippen LogP contribution < -0.4 is 10.6 Å². The Kier molecular flexibility index (Phi) is 8.25. The van der Waals surface area contributed by atoms with Crippen LogP contribution in [0.25, 0.3) is 16.5 Å². The van der Waals surface area contributed by atoms with Crippen LogP contribution in [-0.4, -0.2) is 37.5 Å². The summed E-state index contributed by atoms with van der Waals surface area (Å²) in [5, 5.41) is 5.03. The number of thiophene rings is 1. The lowest BCUT2D eigenvalue weighted by atomic mass is 10.2. The van der Waals surface area contributed by atoms with Crippen LogP contribution in [0.2, 0.25) is 0 Å². The Morgan fingerprint density at radius 2 is 1.81 bits per heavy atom. The second kappa shape index (κ2) is 10.9. The number of esters is 1. The quantitative estimate of drug-likeness (QED) is 0.513. The molecule has 142 valence electrons. The molecule has 2 N–H and O–H groups in total. The van der Waals surface area contributed by atoms with E-state index in [1.165, 1.54) is 6.08 Å². The molecule has 0 fully saturated rings. The lowest BCUT2D eigenvalue weighted by Gasteiger charge is -2.05. The number of rotatable bonds is 9. The first-order chi connectivity index (χ1) is 13.1. The van der Waals surface area contributed by atoms with E-state index in [9.17, 15) is 14.4 Å². The molecule has 27 heavy (non-hydrogen) atoms. The predicted octanol–water partition coefficient (Wildman–Crippen LogP) is 2.61. The van der Waals surface area contributed by atoms with E-state index in [1.54, 1.807) is 17.4 Å². The van der Waals surface area contributed by atoms with Crippen LogP contribution >= 0.6 is 11.3 Å². The molecule has 0 aliphatic heterocycles. The number of carbonyl (C=O) groups is 3. The number of carbonyl (C=O) groups excluding carboxylic acids is 3. The maximum atomic E-state index is 11.7. The minimum atomic E-state index is -0.616. The van der Waals surface area contributed by atoms with Crippen molar-refractivity contribution in [2.75, 3.05) is 19.7 Å². The van der Waals surface area contributed by atoms with Gasteiger partial charge in [-0.1, -0.05) is 37.3 Å². The zero-order chi connectivity index (χ0) is 19.5. The SMILES string of the molecule is CCCNC(=O)CNC(=O)COC(=O)/C=C/c1ccc(-c2ccccc2)s1. The van der Waals surface area contributed by atoms with Gasteiger partial charge in [-0.2, -0.15) is 0 Å². The number of hydrogen-bond donors (Lipinski definition) is 2. The van der Waals surface area contributed by atoms with Gasteiger partial charge in [-0.15, -0.1) is 11.3 Å². The van der Waals surface area contributed by atoms with Crippen molar-refractivity contribution in [3.05, 3.63) is 53.4 Å². The van der Waals surface area contributed by atoms with Gasteiger partial charge < -0.3 is 15.4 Å². The number of amides is 2. The smallest absolute Gasteiger partial charge is 0.331 e. The third kappa shape index (κ3) is 7.45. The minimum Gasteiger partial charge on any atom is -0.452 e. The molecule has 6 nitrogen and oxygen atoms in total. The van der Waals surface area contributed by atoms with Crippen molar-refractivity contribution in [1.29, 1.82) is 0 Å². The summed E-state index contributed by atoms with van der Waals surface area (Å²) in [7, 11) is 0. The van der Waals surface area contributed by atoms with Crippen molar-refractivity contribution in [2.24, 2.45) is 0 Å². The molecule has 2 amide bonds. The molecule has 1 aromatic heterocycles. The lowest BCUT2D eigenvalue weighted by molar-refractivity contribution is -0.143. The fourth-order valence-electron chi connectivity index (χ4n) is 2.09. The van der Waals surface area contributed by atoms with Gasteiger partial charge in [-0.05, 0) is 30.2 Å². The van der Waals surface area contributed by atoms with Gasteiger partial charge in [0.25, 0.3) is 5.91 Å². The molecule has 0 radical (unpaired) electrons. The fraction of sp³-hybridized carbons (Fsp3) is 0.250. The van der Waals surface area contributed by atoms with Crippen LogP contribution in [0, 0.1) is 0 Å². The molecule has 0 aliphatic carbocycles. The van der Waals surface area contributed by atoms with Gasteiger partial charge in [-0.3, -0.25) is 9.59 Å². The predicted molar refractivity (Wildman–Crippen MR) is 106 cm³/mol. The second-order valence-corrected chi connectivity index (χ2v) is 6.75. The van der Waals surface area contributed by atoms with E-state index >= 15 is 0 Å². The summed E-state index contributed by atoms with van der Waals surface area (Å²) in [6, 6.07) is 13.9. The van der Waals surface area contributed by atoms with Gasteiger partial charge >= 0.3 is 5.97 Å². The fourth-order valence-corrected chi connectivity index (χ4v) is 3.01. The summed E-state index contributed by atoms with van der Waals surface area (Å²) in [4.78, 5) is 36.7. The number of benzene rings is 1. The van der Waals surface area contributed by atoms with E-state index in [0.29, 0.717) is 6.54 Å². The lowest BCUT2D eigenvalue weighted by Crippen LogP contribution is -2.38. The number of hydrogen-bond acceptors (Lipinski definition) is 5. The normalized spacial score (nSPS) is 10.6. The zero-order valence-corrected chi connectivity index (χ0v) is 15.9. The molecule has 0 atom stereocenters. The molecule has 7 heteroatoms. The zero-order valence-electron chi connectivity index (χ0n) is 15.1. The topological polar surface area (TPSA) is 84.5 Å². The van der Waals surface area contributed by atoms with Crippen molar-refractivity contribution in [3.8, 4) is 10.4 Å². The maximum absolute atomic E-state index is 11.7. The van der Waals surface area contributed by atoms with E-state index < -0.39 is 18.5 Å². The third-order valence-corrected chi connectivity index (χ3v) is 4.53. The first kappa shape index (κ1) is 20.4. The van der Waals surface area contributed by atoms with Crippen LogP contribution in [0.5, 0.6) is 0 Å². The standard InChI is InChI=1S/C20H22N2O4S/c1-2-12-21-18(23)13-22-19(24)14-26-20(25)11-9-16-8-10-17(27-16)15-6-4-3-5-7-15/h3-11H,2,12-14H2,1H3,(H,21,23)(H,22,24)/b11-9+. The molecule has 0 saturated carbocycles. The van der Waals surface area contributed by atoms with Crippen LogP contribution in [0.15, 0.2) is 48.5 Å². The highest BCUT2D eigenvalue weighted by atomic mass is 32.1. The largest absolute Gasteiger partial charge is 0.452 e. The van der Waals surface area contributed by atoms with Gasteiger partial charge in [0, 0.05) is 22.4 Å². The molecule has 0 spiro atoms. The van der Waals surface area contributed by atoms with Crippen molar-refractivity contribution in [3.63, 3.8) is 0 Å². The van der Waals surface area contributed by atoms with Crippen molar-refractivity contribution >= 4 is 35.2 Å². The Morgan fingerprint density at radius 1 is 1.04 bits per heavy atom. The highest BCUT2D eigenvalue weighted by Crippen LogP contribution is 2.28. The Morgan fingerprint density at radius 3 is 2.56 bits per heavy atom.